The molecule has 0 aliphatic carbocycles. The molecule has 0 fully saturated rings. The zero-order valence-corrected chi connectivity index (χ0v) is 9.94. The number of halogens is 2. The molecule has 0 amide bonds. The zero-order valence-electron chi connectivity index (χ0n) is 7.54. The van der Waals surface area contributed by atoms with Crippen LogP contribution in [-0.4, -0.2) is 16.2 Å². The standard InChI is InChI=1S/C9H9BrFNOS/c1-2-14(13)12-6-7-8(10)4-3-5-9(7)11/h3-6H,2H2,1H3/b12-6+. The molecule has 1 unspecified atom stereocenters. The fourth-order valence-electron chi connectivity index (χ4n) is 0.820. The maximum atomic E-state index is 13.2. The van der Waals surface area contributed by atoms with E-state index in [1.807, 2.05) is 0 Å². The van der Waals surface area contributed by atoms with E-state index in [9.17, 15) is 8.60 Å². The van der Waals surface area contributed by atoms with Crippen LogP contribution in [0.4, 0.5) is 4.39 Å². The van der Waals surface area contributed by atoms with Crippen molar-refractivity contribution in [2.45, 2.75) is 6.92 Å². The summed E-state index contributed by atoms with van der Waals surface area (Å²) in [5.41, 5.74) is 0.328. The third-order valence-corrected chi connectivity index (χ3v) is 3.07. The van der Waals surface area contributed by atoms with E-state index in [-0.39, 0.29) is 5.82 Å². The van der Waals surface area contributed by atoms with Gasteiger partial charge in [-0.25, -0.2) is 8.60 Å². The molecule has 14 heavy (non-hydrogen) atoms. The molecule has 1 rings (SSSR count). The minimum absolute atomic E-state index is 0.328. The van der Waals surface area contributed by atoms with Gasteiger partial charge in [0.25, 0.3) is 0 Å². The molecule has 0 saturated carbocycles. The molecule has 0 aliphatic heterocycles. The van der Waals surface area contributed by atoms with Crippen molar-refractivity contribution in [3.8, 4) is 0 Å². The number of nitrogens with zero attached hydrogens (tertiary/aromatic N) is 1. The fourth-order valence-corrected chi connectivity index (χ4v) is 1.64. The Bertz CT molecular complexity index is 361. The van der Waals surface area contributed by atoms with Crippen molar-refractivity contribution in [1.82, 2.24) is 0 Å². The molecule has 0 heterocycles. The van der Waals surface area contributed by atoms with E-state index in [4.69, 9.17) is 0 Å². The van der Waals surface area contributed by atoms with Crippen molar-refractivity contribution in [1.29, 1.82) is 0 Å². The van der Waals surface area contributed by atoms with Crippen LogP contribution in [0, 0.1) is 5.82 Å². The van der Waals surface area contributed by atoms with Crippen LogP contribution in [0.2, 0.25) is 0 Å². The summed E-state index contributed by atoms with van der Waals surface area (Å²) in [6, 6.07) is 4.63. The number of hydrogen-bond donors (Lipinski definition) is 0. The van der Waals surface area contributed by atoms with Crippen molar-refractivity contribution in [2.75, 3.05) is 5.75 Å². The summed E-state index contributed by atoms with van der Waals surface area (Å²) >= 11 is 3.19. The molecule has 0 aromatic heterocycles. The molecular weight excluding hydrogens is 269 g/mol. The molecule has 2 nitrogen and oxygen atoms in total. The van der Waals surface area contributed by atoms with Gasteiger partial charge in [-0.15, -0.1) is 0 Å². The molecular formula is C9H9BrFNOS. The van der Waals surface area contributed by atoms with Gasteiger partial charge in [0.2, 0.25) is 0 Å². The lowest BCUT2D eigenvalue weighted by Crippen LogP contribution is -1.93. The Morgan fingerprint density at radius 2 is 2.36 bits per heavy atom. The Labute approximate surface area is 93.0 Å². The molecule has 5 heteroatoms. The predicted molar refractivity (Wildman–Crippen MR) is 60.4 cm³/mol. The summed E-state index contributed by atoms with van der Waals surface area (Å²) in [5, 5.41) is 0. The first-order valence-electron chi connectivity index (χ1n) is 4.01. The molecule has 76 valence electrons. The van der Waals surface area contributed by atoms with Crippen LogP contribution in [0.15, 0.2) is 27.1 Å². The quantitative estimate of drug-likeness (QED) is 0.782. The van der Waals surface area contributed by atoms with Crippen LogP contribution in [-0.2, 0) is 11.0 Å². The number of hydrogen-bond acceptors (Lipinski definition) is 1. The van der Waals surface area contributed by atoms with E-state index in [2.05, 4.69) is 20.3 Å². The predicted octanol–water partition coefficient (Wildman–Crippen LogP) is 2.69. The lowest BCUT2D eigenvalue weighted by atomic mass is 10.2. The third-order valence-electron chi connectivity index (χ3n) is 1.55. The van der Waals surface area contributed by atoms with Crippen molar-refractivity contribution >= 4 is 33.1 Å². The lowest BCUT2D eigenvalue weighted by molar-refractivity contribution is 0.625. The monoisotopic (exact) mass is 277 g/mol. The van der Waals surface area contributed by atoms with Crippen LogP contribution in [0.1, 0.15) is 12.5 Å². The van der Waals surface area contributed by atoms with Gasteiger partial charge in [0.15, 0.2) is 0 Å². The van der Waals surface area contributed by atoms with Gasteiger partial charge in [-0.3, -0.25) is 0 Å². The van der Waals surface area contributed by atoms with E-state index in [0.29, 0.717) is 15.8 Å². The highest BCUT2D eigenvalue weighted by molar-refractivity contribution is 9.10. The maximum absolute atomic E-state index is 13.2. The average Bonchev–Trinajstić information content (AvgIpc) is 2.16. The van der Waals surface area contributed by atoms with Crippen LogP contribution in [0.3, 0.4) is 0 Å². The number of rotatable bonds is 3. The largest absolute Gasteiger partial charge is 0.235 e. The Kier molecular flexibility index (Phi) is 4.41. The van der Waals surface area contributed by atoms with E-state index >= 15 is 0 Å². The van der Waals surface area contributed by atoms with Crippen molar-refractivity contribution in [2.24, 2.45) is 4.40 Å². The summed E-state index contributed by atoms with van der Waals surface area (Å²) in [7, 11) is -1.26. The normalized spacial score (nSPS) is 13.4. The van der Waals surface area contributed by atoms with Crippen LogP contribution >= 0.6 is 15.9 Å². The summed E-state index contributed by atoms with van der Waals surface area (Å²) in [5.74, 6) is 0.0546. The summed E-state index contributed by atoms with van der Waals surface area (Å²) < 4.78 is 28.5. The van der Waals surface area contributed by atoms with Gasteiger partial charge >= 0.3 is 0 Å². The maximum Gasteiger partial charge on any atom is 0.139 e. The van der Waals surface area contributed by atoms with Crippen LogP contribution < -0.4 is 0 Å². The molecule has 0 spiro atoms. The highest BCUT2D eigenvalue weighted by Gasteiger charge is 2.03. The molecule has 0 aliphatic rings. The van der Waals surface area contributed by atoms with Crippen LogP contribution in [0.5, 0.6) is 0 Å². The minimum atomic E-state index is -1.26. The van der Waals surface area contributed by atoms with Gasteiger partial charge in [0, 0.05) is 22.0 Å². The SMILES string of the molecule is CCS(=O)/N=C/c1c(F)cccc1Br. The molecule has 0 saturated heterocycles. The first-order chi connectivity index (χ1) is 6.65. The van der Waals surface area contributed by atoms with Crippen molar-refractivity contribution in [3.05, 3.63) is 34.1 Å². The van der Waals surface area contributed by atoms with Gasteiger partial charge in [-0.1, -0.05) is 28.9 Å². The smallest absolute Gasteiger partial charge is 0.139 e. The minimum Gasteiger partial charge on any atom is -0.235 e. The Morgan fingerprint density at radius 1 is 1.64 bits per heavy atom. The van der Waals surface area contributed by atoms with Crippen molar-refractivity contribution < 1.29 is 8.60 Å². The molecule has 1 aromatic rings. The molecule has 1 aromatic carbocycles. The van der Waals surface area contributed by atoms with Gasteiger partial charge in [-0.2, -0.15) is 4.40 Å². The average molecular weight is 278 g/mol. The molecule has 0 radical (unpaired) electrons. The molecule has 1 atom stereocenters. The van der Waals surface area contributed by atoms with E-state index in [1.165, 1.54) is 12.3 Å². The Hall–Kier alpha value is -0.550. The van der Waals surface area contributed by atoms with Gasteiger partial charge < -0.3 is 0 Å². The zero-order chi connectivity index (χ0) is 10.6. The second kappa shape index (κ2) is 5.36. The van der Waals surface area contributed by atoms with E-state index < -0.39 is 11.0 Å². The van der Waals surface area contributed by atoms with Crippen LogP contribution in [0.25, 0.3) is 0 Å². The Balaban J connectivity index is 2.96. The summed E-state index contributed by atoms with van der Waals surface area (Å²) in [6.07, 6.45) is 1.29. The molecule has 0 bridgehead atoms. The third kappa shape index (κ3) is 2.99. The topological polar surface area (TPSA) is 29.4 Å². The number of benzene rings is 1. The van der Waals surface area contributed by atoms with Crippen molar-refractivity contribution in [3.63, 3.8) is 0 Å². The highest BCUT2D eigenvalue weighted by Crippen LogP contribution is 2.17. The Morgan fingerprint density at radius 3 is 2.93 bits per heavy atom. The fraction of sp³-hybridized carbons (Fsp3) is 0.222. The van der Waals surface area contributed by atoms with Gasteiger partial charge in [-0.05, 0) is 12.1 Å². The molecule has 0 N–H and O–H groups in total. The second-order valence-electron chi connectivity index (χ2n) is 2.48. The van der Waals surface area contributed by atoms with E-state index in [0.717, 1.165) is 0 Å². The first kappa shape index (κ1) is 11.5. The van der Waals surface area contributed by atoms with E-state index in [1.54, 1.807) is 19.1 Å². The summed E-state index contributed by atoms with van der Waals surface area (Å²) in [4.78, 5) is 0. The second-order valence-corrected chi connectivity index (χ2v) is 4.77. The highest BCUT2D eigenvalue weighted by atomic mass is 79.9. The summed E-state index contributed by atoms with van der Waals surface area (Å²) in [6.45, 7) is 1.75. The van der Waals surface area contributed by atoms with Gasteiger partial charge in [0.05, 0.1) is 0 Å². The first-order valence-corrected chi connectivity index (χ1v) is 6.08. The van der Waals surface area contributed by atoms with Gasteiger partial charge in [0.1, 0.15) is 16.8 Å². The lowest BCUT2D eigenvalue weighted by Gasteiger charge is -1.98.